The van der Waals surface area contributed by atoms with E-state index in [0.29, 0.717) is 28.0 Å². The fraction of sp³-hybridized carbons (Fsp3) is 0.120. The summed E-state index contributed by atoms with van der Waals surface area (Å²) < 4.78 is 12.3. The Morgan fingerprint density at radius 2 is 1.67 bits per heavy atom. The monoisotopic (exact) mass is 543 g/mol. The lowest BCUT2D eigenvalue weighted by atomic mass is 10.1. The SMILES string of the molecule is COc1ccc(/C=C2\SC(=O)N(Cc3ccc(Br)cc3)C2=O)cc1OCc1ccc(Cl)cc1. The molecule has 5 nitrogen and oxygen atoms in total. The van der Waals surface area contributed by atoms with E-state index in [9.17, 15) is 9.59 Å². The van der Waals surface area contributed by atoms with Crippen LogP contribution in [0.3, 0.4) is 0 Å². The van der Waals surface area contributed by atoms with E-state index in [1.54, 1.807) is 37.5 Å². The lowest BCUT2D eigenvalue weighted by Gasteiger charge is -2.13. The number of carbonyl (C=O) groups excluding carboxylic acids is 2. The zero-order chi connectivity index (χ0) is 23.4. The van der Waals surface area contributed by atoms with Gasteiger partial charge in [-0.3, -0.25) is 14.5 Å². The summed E-state index contributed by atoms with van der Waals surface area (Å²) in [6.07, 6.45) is 1.70. The van der Waals surface area contributed by atoms with Crippen LogP contribution in [0.2, 0.25) is 5.02 Å². The van der Waals surface area contributed by atoms with Crippen molar-refractivity contribution in [1.82, 2.24) is 4.90 Å². The number of imide groups is 1. The van der Waals surface area contributed by atoms with E-state index in [1.165, 1.54) is 4.90 Å². The molecule has 1 saturated heterocycles. The molecule has 0 spiro atoms. The zero-order valence-corrected chi connectivity index (χ0v) is 20.7. The van der Waals surface area contributed by atoms with Gasteiger partial charge in [-0.1, -0.05) is 57.9 Å². The second kappa shape index (κ2) is 10.5. The number of nitrogens with zero attached hydrogens (tertiary/aromatic N) is 1. The van der Waals surface area contributed by atoms with Gasteiger partial charge in [0.05, 0.1) is 18.6 Å². The first-order chi connectivity index (χ1) is 15.9. The van der Waals surface area contributed by atoms with Crippen molar-refractivity contribution < 1.29 is 19.1 Å². The van der Waals surface area contributed by atoms with Gasteiger partial charge in [0, 0.05) is 9.50 Å². The van der Waals surface area contributed by atoms with E-state index in [0.717, 1.165) is 32.9 Å². The van der Waals surface area contributed by atoms with Crippen molar-refractivity contribution in [2.24, 2.45) is 0 Å². The fourth-order valence-corrected chi connectivity index (χ4v) is 4.43. The summed E-state index contributed by atoms with van der Waals surface area (Å²) in [7, 11) is 1.57. The van der Waals surface area contributed by atoms with Gasteiger partial charge in [0.2, 0.25) is 0 Å². The largest absolute Gasteiger partial charge is 0.493 e. The highest BCUT2D eigenvalue weighted by Gasteiger charge is 2.35. The summed E-state index contributed by atoms with van der Waals surface area (Å²) in [6.45, 7) is 0.564. The number of amides is 2. The lowest BCUT2D eigenvalue weighted by molar-refractivity contribution is -0.123. The molecular weight excluding hydrogens is 526 g/mol. The molecule has 0 unspecified atom stereocenters. The molecule has 8 heteroatoms. The van der Waals surface area contributed by atoms with Crippen LogP contribution in [0.25, 0.3) is 6.08 Å². The molecule has 2 amide bonds. The van der Waals surface area contributed by atoms with Gasteiger partial charge in [0.25, 0.3) is 11.1 Å². The molecule has 0 saturated carbocycles. The predicted octanol–water partition coefficient (Wildman–Crippen LogP) is 6.93. The maximum atomic E-state index is 12.9. The third-order valence-electron chi connectivity index (χ3n) is 4.92. The van der Waals surface area contributed by atoms with Crippen molar-refractivity contribution in [3.8, 4) is 11.5 Å². The molecule has 0 atom stereocenters. The minimum absolute atomic E-state index is 0.230. The molecule has 33 heavy (non-hydrogen) atoms. The van der Waals surface area contributed by atoms with Gasteiger partial charge in [-0.2, -0.15) is 0 Å². The van der Waals surface area contributed by atoms with Crippen LogP contribution in [0.1, 0.15) is 16.7 Å². The quantitative estimate of drug-likeness (QED) is 0.302. The molecule has 3 aromatic carbocycles. The number of rotatable bonds is 7. The Kier molecular flexibility index (Phi) is 7.42. The fourth-order valence-electron chi connectivity index (χ4n) is 3.20. The Hall–Kier alpha value is -2.74. The number of ether oxygens (including phenoxy) is 2. The summed E-state index contributed by atoms with van der Waals surface area (Å²) in [5.41, 5.74) is 2.57. The smallest absolute Gasteiger partial charge is 0.293 e. The summed E-state index contributed by atoms with van der Waals surface area (Å²) in [4.78, 5) is 27.0. The summed E-state index contributed by atoms with van der Waals surface area (Å²) in [5, 5.41) is 0.370. The van der Waals surface area contributed by atoms with Gasteiger partial charge in [0.15, 0.2) is 11.5 Å². The number of hydrogen-bond donors (Lipinski definition) is 0. The van der Waals surface area contributed by atoms with Crippen molar-refractivity contribution >= 4 is 56.5 Å². The Morgan fingerprint density at radius 3 is 2.36 bits per heavy atom. The van der Waals surface area contributed by atoms with Crippen LogP contribution in [0, 0.1) is 0 Å². The molecule has 168 valence electrons. The van der Waals surface area contributed by atoms with E-state index >= 15 is 0 Å². The first-order valence-corrected chi connectivity index (χ1v) is 12.0. The maximum absolute atomic E-state index is 12.9. The summed E-state index contributed by atoms with van der Waals surface area (Å²) in [5.74, 6) is 0.798. The van der Waals surface area contributed by atoms with Crippen molar-refractivity contribution in [3.63, 3.8) is 0 Å². The van der Waals surface area contributed by atoms with Crippen LogP contribution in [-0.4, -0.2) is 23.2 Å². The average Bonchev–Trinajstić information content (AvgIpc) is 3.07. The molecule has 0 radical (unpaired) electrons. The molecule has 1 aliphatic heterocycles. The van der Waals surface area contributed by atoms with Crippen molar-refractivity contribution in [2.75, 3.05) is 7.11 Å². The van der Waals surface area contributed by atoms with Gasteiger partial charge in [-0.25, -0.2) is 0 Å². The second-order valence-electron chi connectivity index (χ2n) is 7.22. The first-order valence-electron chi connectivity index (χ1n) is 9.98. The normalized spacial score (nSPS) is 14.8. The topological polar surface area (TPSA) is 55.8 Å². The Labute approximate surface area is 209 Å². The maximum Gasteiger partial charge on any atom is 0.293 e. The average molecular weight is 545 g/mol. The van der Waals surface area contributed by atoms with Gasteiger partial charge in [-0.15, -0.1) is 0 Å². The molecule has 4 rings (SSSR count). The van der Waals surface area contributed by atoms with E-state index in [4.69, 9.17) is 21.1 Å². The van der Waals surface area contributed by atoms with E-state index in [-0.39, 0.29) is 17.7 Å². The third kappa shape index (κ3) is 5.79. The standard InChI is InChI=1S/C25H19BrClNO4S/c1-31-21-11-6-18(12-22(21)32-15-17-4-9-20(27)10-5-17)13-23-24(29)28(25(30)33-23)14-16-2-7-19(26)8-3-16/h2-13H,14-15H2,1H3/b23-13-. The van der Waals surface area contributed by atoms with Crippen LogP contribution < -0.4 is 9.47 Å². The van der Waals surface area contributed by atoms with Crippen LogP contribution in [0.15, 0.2) is 76.1 Å². The highest BCUT2D eigenvalue weighted by Crippen LogP contribution is 2.35. The number of benzene rings is 3. The molecule has 1 aliphatic rings. The molecule has 1 fully saturated rings. The lowest BCUT2D eigenvalue weighted by Crippen LogP contribution is -2.27. The van der Waals surface area contributed by atoms with Crippen molar-refractivity contribution in [1.29, 1.82) is 0 Å². The zero-order valence-electron chi connectivity index (χ0n) is 17.6. The van der Waals surface area contributed by atoms with Gasteiger partial charge >= 0.3 is 0 Å². The van der Waals surface area contributed by atoms with Crippen LogP contribution in [-0.2, 0) is 17.9 Å². The van der Waals surface area contributed by atoms with Crippen LogP contribution in [0.5, 0.6) is 11.5 Å². The van der Waals surface area contributed by atoms with Crippen molar-refractivity contribution in [3.05, 3.63) is 97.8 Å². The van der Waals surface area contributed by atoms with E-state index in [1.807, 2.05) is 42.5 Å². The van der Waals surface area contributed by atoms with Gasteiger partial charge < -0.3 is 9.47 Å². The number of methoxy groups -OCH3 is 1. The minimum atomic E-state index is -0.313. The molecule has 0 aromatic heterocycles. The highest BCUT2D eigenvalue weighted by atomic mass is 79.9. The minimum Gasteiger partial charge on any atom is -0.493 e. The molecule has 3 aromatic rings. The Morgan fingerprint density at radius 1 is 0.970 bits per heavy atom. The molecule has 0 aliphatic carbocycles. The Bertz CT molecular complexity index is 1210. The first kappa shape index (κ1) is 23.4. The molecular formula is C25H19BrClNO4S. The second-order valence-corrected chi connectivity index (χ2v) is 9.57. The number of halogens is 2. The number of carbonyl (C=O) groups is 2. The summed E-state index contributed by atoms with van der Waals surface area (Å²) >= 11 is 10.3. The van der Waals surface area contributed by atoms with Crippen LogP contribution in [0.4, 0.5) is 4.79 Å². The third-order valence-corrected chi connectivity index (χ3v) is 6.61. The number of hydrogen-bond acceptors (Lipinski definition) is 5. The van der Waals surface area contributed by atoms with Crippen LogP contribution >= 0.6 is 39.3 Å². The van der Waals surface area contributed by atoms with E-state index in [2.05, 4.69) is 15.9 Å². The van der Waals surface area contributed by atoms with Gasteiger partial charge in [0.1, 0.15) is 6.61 Å². The van der Waals surface area contributed by atoms with Gasteiger partial charge in [-0.05, 0) is 70.9 Å². The molecule has 0 N–H and O–H groups in total. The highest BCUT2D eigenvalue weighted by molar-refractivity contribution is 9.10. The Balaban J connectivity index is 1.51. The predicted molar refractivity (Wildman–Crippen MR) is 134 cm³/mol. The van der Waals surface area contributed by atoms with Crippen molar-refractivity contribution in [2.45, 2.75) is 13.2 Å². The molecule has 0 bridgehead atoms. The summed E-state index contributed by atoms with van der Waals surface area (Å²) in [6, 6.07) is 20.3. The molecule has 1 heterocycles. The van der Waals surface area contributed by atoms with E-state index < -0.39 is 0 Å². The number of thioether (sulfide) groups is 1.